The number of aryl methyl sites for hydroxylation is 1. The second-order valence-corrected chi connectivity index (χ2v) is 2.98. The molecule has 0 amide bonds. The van der Waals surface area contributed by atoms with E-state index in [1.165, 1.54) is 11.1 Å². The Kier molecular flexibility index (Phi) is 2.64. The second-order valence-electron chi connectivity index (χ2n) is 2.23. The van der Waals surface area contributed by atoms with Gasteiger partial charge in [-0.15, -0.1) is 0 Å². The molecule has 0 radical (unpaired) electrons. The van der Waals surface area contributed by atoms with Gasteiger partial charge in [0, 0.05) is 10.8 Å². The molecule has 0 atom stereocenters. The van der Waals surface area contributed by atoms with Crippen molar-refractivity contribution in [3.05, 3.63) is 34.3 Å². The van der Waals surface area contributed by atoms with Crippen molar-refractivity contribution in [2.75, 3.05) is 0 Å². The normalized spacial score (nSPS) is 9.90. The summed E-state index contributed by atoms with van der Waals surface area (Å²) in [4.78, 5) is 0. The third-order valence-corrected chi connectivity index (χ3v) is 2.05. The number of rotatable bonds is 1. The van der Waals surface area contributed by atoms with Crippen molar-refractivity contribution < 1.29 is 0 Å². The zero-order chi connectivity index (χ0) is 7.56. The summed E-state index contributed by atoms with van der Waals surface area (Å²) >= 11 is 9.92. The summed E-state index contributed by atoms with van der Waals surface area (Å²) in [6, 6.07) is 5.85. The van der Waals surface area contributed by atoms with E-state index >= 15 is 0 Å². The fourth-order valence-electron chi connectivity index (χ4n) is 0.837. The zero-order valence-electron chi connectivity index (χ0n) is 5.76. The summed E-state index contributed by atoms with van der Waals surface area (Å²) in [6.45, 7) is 2.04. The minimum atomic E-state index is 0.781. The first-order chi connectivity index (χ1) is 4.74. The van der Waals surface area contributed by atoms with Crippen LogP contribution in [0.2, 0.25) is 5.02 Å². The first-order valence-electron chi connectivity index (χ1n) is 3.10. The molecule has 0 aliphatic heterocycles. The number of benzene rings is 1. The van der Waals surface area contributed by atoms with Crippen LogP contribution in [0.15, 0.2) is 18.2 Å². The highest BCUT2D eigenvalue weighted by atomic mass is 35.5. The molecule has 1 aromatic carbocycles. The van der Waals surface area contributed by atoms with E-state index in [4.69, 9.17) is 11.6 Å². The molecule has 0 aliphatic carbocycles. The van der Waals surface area contributed by atoms with E-state index in [-0.39, 0.29) is 0 Å². The van der Waals surface area contributed by atoms with Crippen LogP contribution >= 0.6 is 24.2 Å². The Hall–Kier alpha value is -0.140. The van der Waals surface area contributed by atoms with Gasteiger partial charge in [0.15, 0.2) is 0 Å². The Balaban J connectivity index is 3.07. The van der Waals surface area contributed by atoms with E-state index in [1.54, 1.807) is 0 Å². The Labute approximate surface area is 71.6 Å². The average molecular weight is 173 g/mol. The van der Waals surface area contributed by atoms with E-state index in [1.807, 2.05) is 25.1 Å². The van der Waals surface area contributed by atoms with Gasteiger partial charge in [-0.2, -0.15) is 12.6 Å². The van der Waals surface area contributed by atoms with E-state index in [9.17, 15) is 0 Å². The molecule has 2 heteroatoms. The van der Waals surface area contributed by atoms with Crippen LogP contribution in [-0.4, -0.2) is 0 Å². The van der Waals surface area contributed by atoms with Gasteiger partial charge >= 0.3 is 0 Å². The maximum absolute atomic E-state index is 5.75. The van der Waals surface area contributed by atoms with Gasteiger partial charge in [-0.3, -0.25) is 0 Å². The summed E-state index contributed by atoms with van der Waals surface area (Å²) < 4.78 is 0. The molecule has 1 rings (SSSR count). The number of thiol groups is 1. The van der Waals surface area contributed by atoms with Crippen molar-refractivity contribution >= 4 is 24.2 Å². The SMILES string of the molecule is Cc1cc(Cl)ccc1CS. The first-order valence-corrected chi connectivity index (χ1v) is 4.11. The summed E-state index contributed by atoms with van der Waals surface area (Å²) in [6.07, 6.45) is 0. The lowest BCUT2D eigenvalue weighted by Crippen LogP contribution is -1.82. The van der Waals surface area contributed by atoms with Gasteiger partial charge in [-0.1, -0.05) is 17.7 Å². The van der Waals surface area contributed by atoms with Gasteiger partial charge < -0.3 is 0 Å². The molecule has 0 saturated carbocycles. The van der Waals surface area contributed by atoms with Crippen LogP contribution in [0.3, 0.4) is 0 Å². The Morgan fingerprint density at radius 2 is 2.20 bits per heavy atom. The Morgan fingerprint density at radius 3 is 2.70 bits per heavy atom. The second kappa shape index (κ2) is 3.31. The highest BCUT2D eigenvalue weighted by Gasteiger charge is 1.94. The van der Waals surface area contributed by atoms with Crippen LogP contribution in [0.4, 0.5) is 0 Å². The molecule has 10 heavy (non-hydrogen) atoms. The minimum Gasteiger partial charge on any atom is -0.175 e. The van der Waals surface area contributed by atoms with Crippen LogP contribution in [0.1, 0.15) is 11.1 Å². The molecule has 0 heterocycles. The van der Waals surface area contributed by atoms with E-state index in [0.29, 0.717) is 0 Å². The Bertz CT molecular complexity index is 233. The van der Waals surface area contributed by atoms with Crippen LogP contribution in [0.5, 0.6) is 0 Å². The van der Waals surface area contributed by atoms with Crippen molar-refractivity contribution in [3.8, 4) is 0 Å². The smallest absolute Gasteiger partial charge is 0.0408 e. The molecule has 0 aliphatic rings. The summed E-state index contributed by atoms with van der Waals surface area (Å²) in [5, 5.41) is 0.794. The Morgan fingerprint density at radius 1 is 1.50 bits per heavy atom. The lowest BCUT2D eigenvalue weighted by atomic mass is 10.1. The molecule has 0 nitrogen and oxygen atoms in total. The highest BCUT2D eigenvalue weighted by Crippen LogP contribution is 2.16. The van der Waals surface area contributed by atoms with E-state index in [2.05, 4.69) is 12.6 Å². The van der Waals surface area contributed by atoms with Crippen LogP contribution < -0.4 is 0 Å². The molecule has 0 bridgehead atoms. The molecule has 0 N–H and O–H groups in total. The maximum Gasteiger partial charge on any atom is 0.0408 e. The molecule has 54 valence electrons. The van der Waals surface area contributed by atoms with Crippen molar-refractivity contribution in [2.45, 2.75) is 12.7 Å². The van der Waals surface area contributed by atoms with Crippen molar-refractivity contribution in [1.29, 1.82) is 0 Å². The third kappa shape index (κ3) is 1.68. The molecule has 0 fully saturated rings. The van der Waals surface area contributed by atoms with Gasteiger partial charge in [0.05, 0.1) is 0 Å². The lowest BCUT2D eigenvalue weighted by Gasteiger charge is -2.00. The quantitative estimate of drug-likeness (QED) is 0.619. The topological polar surface area (TPSA) is 0 Å². The number of hydrogen-bond donors (Lipinski definition) is 1. The predicted octanol–water partition coefficient (Wildman–Crippen LogP) is 3.08. The summed E-state index contributed by atoms with van der Waals surface area (Å²) in [7, 11) is 0. The molecule has 0 aromatic heterocycles. The van der Waals surface area contributed by atoms with Gasteiger partial charge in [-0.05, 0) is 30.2 Å². The molecular weight excluding hydrogens is 164 g/mol. The lowest BCUT2D eigenvalue weighted by molar-refractivity contribution is 1.32. The van der Waals surface area contributed by atoms with Crippen LogP contribution in [-0.2, 0) is 5.75 Å². The van der Waals surface area contributed by atoms with Gasteiger partial charge in [0.1, 0.15) is 0 Å². The zero-order valence-corrected chi connectivity index (χ0v) is 7.41. The fraction of sp³-hybridized carbons (Fsp3) is 0.250. The van der Waals surface area contributed by atoms with Gasteiger partial charge in [0.2, 0.25) is 0 Å². The highest BCUT2D eigenvalue weighted by molar-refractivity contribution is 7.79. The van der Waals surface area contributed by atoms with Crippen molar-refractivity contribution in [1.82, 2.24) is 0 Å². The molecule has 0 saturated heterocycles. The van der Waals surface area contributed by atoms with E-state index in [0.717, 1.165) is 10.8 Å². The monoisotopic (exact) mass is 172 g/mol. The largest absolute Gasteiger partial charge is 0.175 e. The average Bonchev–Trinajstić information content (AvgIpc) is 1.88. The van der Waals surface area contributed by atoms with Crippen molar-refractivity contribution in [3.63, 3.8) is 0 Å². The fourth-order valence-corrected chi connectivity index (χ4v) is 1.42. The molecular formula is C8H9ClS. The third-order valence-electron chi connectivity index (χ3n) is 1.47. The molecule has 0 unspecified atom stereocenters. The molecule has 0 spiro atoms. The standard InChI is InChI=1S/C8H9ClS/c1-6-4-8(9)3-2-7(6)5-10/h2-4,10H,5H2,1H3. The van der Waals surface area contributed by atoms with Crippen LogP contribution in [0.25, 0.3) is 0 Å². The maximum atomic E-state index is 5.75. The van der Waals surface area contributed by atoms with Crippen molar-refractivity contribution in [2.24, 2.45) is 0 Å². The van der Waals surface area contributed by atoms with E-state index < -0.39 is 0 Å². The first kappa shape index (κ1) is 7.96. The minimum absolute atomic E-state index is 0.781. The number of hydrogen-bond acceptors (Lipinski definition) is 1. The van der Waals surface area contributed by atoms with Gasteiger partial charge in [0.25, 0.3) is 0 Å². The van der Waals surface area contributed by atoms with Gasteiger partial charge in [-0.25, -0.2) is 0 Å². The van der Waals surface area contributed by atoms with Crippen LogP contribution in [0, 0.1) is 6.92 Å². The summed E-state index contributed by atoms with van der Waals surface area (Å²) in [5.74, 6) is 0.781. The summed E-state index contributed by atoms with van der Waals surface area (Å²) in [5.41, 5.74) is 2.45. The number of halogens is 1. The predicted molar refractivity (Wildman–Crippen MR) is 48.9 cm³/mol. The molecule has 1 aromatic rings.